The molecule has 0 heterocycles. The van der Waals surface area contributed by atoms with E-state index >= 15 is 0 Å². The molecule has 0 aliphatic heterocycles. The summed E-state index contributed by atoms with van der Waals surface area (Å²) < 4.78 is 5.56. The van der Waals surface area contributed by atoms with Crippen LogP contribution in [-0.4, -0.2) is 48.9 Å². The lowest BCUT2D eigenvalue weighted by atomic mass is 9.88. The fraction of sp³-hybridized carbons (Fsp3) is 0.276. The SMILES string of the molecule is CCN(CC)C(=O)NCC/C(=C(\c1ccccc1)c1ccc(OCCO)cc1)c1ccccc1. The number of rotatable bonds is 11. The highest BCUT2D eigenvalue weighted by molar-refractivity contribution is 5.98. The van der Waals surface area contributed by atoms with Gasteiger partial charge in [-0.3, -0.25) is 0 Å². The average Bonchev–Trinajstić information content (AvgIpc) is 2.89. The Kier molecular flexibility index (Phi) is 9.74. The van der Waals surface area contributed by atoms with Gasteiger partial charge in [-0.05, 0) is 60.2 Å². The number of ether oxygens (including phenoxy) is 1. The van der Waals surface area contributed by atoms with Crippen LogP contribution < -0.4 is 10.1 Å². The van der Waals surface area contributed by atoms with Crippen molar-refractivity contribution < 1.29 is 14.6 Å². The van der Waals surface area contributed by atoms with E-state index < -0.39 is 0 Å². The topological polar surface area (TPSA) is 61.8 Å². The van der Waals surface area contributed by atoms with Gasteiger partial charge in [-0.15, -0.1) is 0 Å². The second-order valence-corrected chi connectivity index (χ2v) is 7.84. The first-order chi connectivity index (χ1) is 16.7. The van der Waals surface area contributed by atoms with Gasteiger partial charge >= 0.3 is 6.03 Å². The molecule has 0 bridgehead atoms. The molecule has 5 heteroatoms. The van der Waals surface area contributed by atoms with Crippen molar-refractivity contribution in [1.29, 1.82) is 0 Å². The maximum atomic E-state index is 12.5. The van der Waals surface area contributed by atoms with Crippen molar-refractivity contribution in [2.75, 3.05) is 32.8 Å². The van der Waals surface area contributed by atoms with Gasteiger partial charge in [0.05, 0.1) is 6.61 Å². The number of aliphatic hydroxyl groups excluding tert-OH is 1. The molecule has 2 amide bonds. The number of benzene rings is 3. The van der Waals surface area contributed by atoms with Gasteiger partial charge in [0.25, 0.3) is 0 Å². The van der Waals surface area contributed by atoms with Gasteiger partial charge in [0.15, 0.2) is 0 Å². The second kappa shape index (κ2) is 13.2. The van der Waals surface area contributed by atoms with Crippen molar-refractivity contribution in [1.82, 2.24) is 10.2 Å². The first kappa shape index (κ1) is 25.1. The molecule has 0 aliphatic carbocycles. The summed E-state index contributed by atoms with van der Waals surface area (Å²) >= 11 is 0. The maximum Gasteiger partial charge on any atom is 0.317 e. The number of hydrogen-bond acceptors (Lipinski definition) is 3. The maximum absolute atomic E-state index is 12.5. The van der Waals surface area contributed by atoms with Gasteiger partial charge in [0.2, 0.25) is 0 Å². The zero-order chi connectivity index (χ0) is 24.2. The Balaban J connectivity index is 2.02. The number of carbonyl (C=O) groups excluding carboxylic acids is 1. The molecule has 0 radical (unpaired) electrons. The van der Waals surface area contributed by atoms with E-state index in [0.717, 1.165) is 33.6 Å². The van der Waals surface area contributed by atoms with Crippen LogP contribution in [0.3, 0.4) is 0 Å². The minimum atomic E-state index is -0.0379. The Morgan fingerprint density at radius 3 is 1.94 bits per heavy atom. The van der Waals surface area contributed by atoms with E-state index in [-0.39, 0.29) is 19.2 Å². The van der Waals surface area contributed by atoms with Crippen molar-refractivity contribution in [2.45, 2.75) is 20.3 Å². The smallest absolute Gasteiger partial charge is 0.317 e. The van der Waals surface area contributed by atoms with Crippen molar-refractivity contribution in [3.63, 3.8) is 0 Å². The molecule has 0 spiro atoms. The fourth-order valence-corrected chi connectivity index (χ4v) is 3.97. The van der Waals surface area contributed by atoms with E-state index in [1.54, 1.807) is 4.90 Å². The van der Waals surface area contributed by atoms with Crippen LogP contribution in [-0.2, 0) is 0 Å². The highest BCUT2D eigenvalue weighted by atomic mass is 16.5. The number of nitrogens with zero attached hydrogens (tertiary/aromatic N) is 1. The fourth-order valence-electron chi connectivity index (χ4n) is 3.97. The number of urea groups is 1. The molecular weight excluding hydrogens is 424 g/mol. The van der Waals surface area contributed by atoms with Crippen LogP contribution in [0, 0.1) is 0 Å². The molecule has 0 saturated heterocycles. The number of hydrogen-bond donors (Lipinski definition) is 2. The van der Waals surface area contributed by atoms with Crippen molar-refractivity contribution in [3.8, 4) is 5.75 Å². The summed E-state index contributed by atoms with van der Waals surface area (Å²) in [6, 6.07) is 28.6. The summed E-state index contributed by atoms with van der Waals surface area (Å²) in [7, 11) is 0. The first-order valence-corrected chi connectivity index (χ1v) is 11.9. The van der Waals surface area contributed by atoms with E-state index in [1.165, 1.54) is 0 Å². The van der Waals surface area contributed by atoms with Gasteiger partial charge in [-0.2, -0.15) is 0 Å². The molecular formula is C29H34N2O3. The number of amides is 2. The number of nitrogens with one attached hydrogen (secondary N) is 1. The Bertz CT molecular complexity index is 1040. The molecule has 178 valence electrons. The molecule has 0 atom stereocenters. The third-order valence-corrected chi connectivity index (χ3v) is 5.69. The number of carbonyl (C=O) groups is 1. The molecule has 3 aromatic carbocycles. The van der Waals surface area contributed by atoms with Crippen LogP contribution in [0.2, 0.25) is 0 Å². The zero-order valence-electron chi connectivity index (χ0n) is 20.0. The van der Waals surface area contributed by atoms with Gasteiger partial charge in [0, 0.05) is 19.6 Å². The van der Waals surface area contributed by atoms with E-state index in [0.29, 0.717) is 26.1 Å². The lowest BCUT2D eigenvalue weighted by Gasteiger charge is -2.21. The van der Waals surface area contributed by atoms with E-state index in [4.69, 9.17) is 9.84 Å². The summed E-state index contributed by atoms with van der Waals surface area (Å²) in [6.07, 6.45) is 0.685. The quantitative estimate of drug-likeness (QED) is 0.375. The Morgan fingerprint density at radius 1 is 0.824 bits per heavy atom. The largest absolute Gasteiger partial charge is 0.491 e. The lowest BCUT2D eigenvalue weighted by Crippen LogP contribution is -2.40. The predicted octanol–water partition coefficient (Wildman–Crippen LogP) is 5.46. The summed E-state index contributed by atoms with van der Waals surface area (Å²) in [4.78, 5) is 14.3. The van der Waals surface area contributed by atoms with Gasteiger partial charge in [-0.1, -0.05) is 72.8 Å². The Morgan fingerprint density at radius 2 is 1.38 bits per heavy atom. The average molecular weight is 459 g/mol. The molecule has 0 fully saturated rings. The summed E-state index contributed by atoms with van der Waals surface area (Å²) in [5, 5.41) is 12.1. The van der Waals surface area contributed by atoms with E-state index in [2.05, 4.69) is 29.6 Å². The van der Waals surface area contributed by atoms with Crippen LogP contribution in [0.1, 0.15) is 37.0 Å². The zero-order valence-corrected chi connectivity index (χ0v) is 20.0. The normalized spacial score (nSPS) is 11.5. The second-order valence-electron chi connectivity index (χ2n) is 7.84. The third kappa shape index (κ3) is 6.72. The predicted molar refractivity (Wildman–Crippen MR) is 139 cm³/mol. The van der Waals surface area contributed by atoms with Crippen LogP contribution in [0.5, 0.6) is 5.75 Å². The highest BCUT2D eigenvalue weighted by Gasteiger charge is 2.15. The monoisotopic (exact) mass is 458 g/mol. The summed E-state index contributed by atoms with van der Waals surface area (Å²) in [5.74, 6) is 0.720. The Labute approximate surface area is 202 Å². The van der Waals surface area contributed by atoms with Crippen LogP contribution >= 0.6 is 0 Å². The molecule has 2 N–H and O–H groups in total. The summed E-state index contributed by atoms with van der Waals surface area (Å²) in [6.45, 7) is 6.12. The molecule has 34 heavy (non-hydrogen) atoms. The molecule has 0 unspecified atom stereocenters. The molecule has 3 aromatic rings. The first-order valence-electron chi connectivity index (χ1n) is 11.9. The molecule has 0 aromatic heterocycles. The molecule has 3 rings (SSSR count). The van der Waals surface area contributed by atoms with Crippen LogP contribution in [0.4, 0.5) is 4.79 Å². The standard InChI is InChI=1S/C29H34N2O3/c1-3-31(4-2)29(33)30-20-19-27(23-11-7-5-8-12-23)28(24-13-9-6-10-14-24)25-15-17-26(18-16-25)34-22-21-32/h5-18,32H,3-4,19-22H2,1-2H3,(H,30,33)/b28-27-. The molecule has 0 aliphatic rings. The number of aliphatic hydroxyl groups is 1. The van der Waals surface area contributed by atoms with Crippen LogP contribution in [0.15, 0.2) is 84.9 Å². The van der Waals surface area contributed by atoms with Crippen molar-refractivity contribution in [3.05, 3.63) is 102 Å². The Hall–Kier alpha value is -3.57. The van der Waals surface area contributed by atoms with Gasteiger partial charge in [0.1, 0.15) is 12.4 Å². The lowest BCUT2D eigenvalue weighted by molar-refractivity contribution is 0.201. The minimum Gasteiger partial charge on any atom is -0.491 e. The summed E-state index contributed by atoms with van der Waals surface area (Å²) in [5.41, 5.74) is 5.59. The molecule has 5 nitrogen and oxygen atoms in total. The third-order valence-electron chi connectivity index (χ3n) is 5.69. The van der Waals surface area contributed by atoms with Gasteiger partial charge < -0.3 is 20.1 Å². The van der Waals surface area contributed by atoms with Gasteiger partial charge in [-0.25, -0.2) is 4.79 Å². The van der Waals surface area contributed by atoms with E-state index in [1.807, 2.05) is 74.5 Å². The molecule has 0 saturated carbocycles. The van der Waals surface area contributed by atoms with Crippen LogP contribution in [0.25, 0.3) is 11.1 Å². The minimum absolute atomic E-state index is 0.0196. The van der Waals surface area contributed by atoms with E-state index in [9.17, 15) is 4.79 Å². The highest BCUT2D eigenvalue weighted by Crippen LogP contribution is 2.35. The van der Waals surface area contributed by atoms with Crippen molar-refractivity contribution >= 4 is 17.2 Å². The van der Waals surface area contributed by atoms with Crippen molar-refractivity contribution in [2.24, 2.45) is 0 Å².